The summed E-state index contributed by atoms with van der Waals surface area (Å²) in [5.74, 6) is 8.90. The van der Waals surface area contributed by atoms with Crippen molar-refractivity contribution in [2.45, 2.75) is 52.0 Å². The number of sulfone groups is 1. The van der Waals surface area contributed by atoms with E-state index in [4.69, 9.17) is 5.84 Å². The zero-order chi connectivity index (χ0) is 14.0. The second-order valence-electron chi connectivity index (χ2n) is 6.96. The van der Waals surface area contributed by atoms with E-state index >= 15 is 0 Å². The fourth-order valence-corrected chi connectivity index (χ4v) is 6.03. The van der Waals surface area contributed by atoms with Gasteiger partial charge in [-0.15, -0.1) is 0 Å². The molecule has 1 saturated carbocycles. The Labute approximate surface area is 117 Å². The first-order chi connectivity index (χ1) is 8.89. The van der Waals surface area contributed by atoms with Crippen LogP contribution < -0.4 is 11.3 Å². The fourth-order valence-electron chi connectivity index (χ4n) is 4.15. The van der Waals surface area contributed by atoms with Crippen LogP contribution in [0.5, 0.6) is 0 Å². The predicted octanol–water partition coefficient (Wildman–Crippen LogP) is 1.72. The zero-order valence-electron chi connectivity index (χ0n) is 12.1. The lowest BCUT2D eigenvalue weighted by atomic mass is 9.72. The maximum atomic E-state index is 11.5. The van der Waals surface area contributed by atoms with Crippen LogP contribution in [0.3, 0.4) is 0 Å². The highest BCUT2D eigenvalue weighted by molar-refractivity contribution is 7.91. The van der Waals surface area contributed by atoms with Gasteiger partial charge in [0.25, 0.3) is 0 Å². The Kier molecular flexibility index (Phi) is 4.90. The minimum absolute atomic E-state index is 0.281. The lowest BCUT2D eigenvalue weighted by Gasteiger charge is -2.37. The van der Waals surface area contributed by atoms with E-state index in [1.807, 2.05) is 0 Å². The van der Waals surface area contributed by atoms with Gasteiger partial charge < -0.3 is 0 Å². The van der Waals surface area contributed by atoms with Crippen molar-refractivity contribution < 1.29 is 8.42 Å². The van der Waals surface area contributed by atoms with Gasteiger partial charge in [-0.25, -0.2) is 8.42 Å². The summed E-state index contributed by atoms with van der Waals surface area (Å²) in [6.07, 6.45) is 5.49. The predicted molar refractivity (Wildman–Crippen MR) is 78.2 cm³/mol. The molecule has 1 aliphatic heterocycles. The maximum Gasteiger partial charge on any atom is 0.150 e. The number of nitrogens with two attached hydrogens (primary N) is 1. The zero-order valence-corrected chi connectivity index (χ0v) is 13.0. The molecule has 0 amide bonds. The van der Waals surface area contributed by atoms with Crippen molar-refractivity contribution in [2.24, 2.45) is 29.5 Å². The van der Waals surface area contributed by atoms with Crippen LogP contribution in [0.25, 0.3) is 0 Å². The van der Waals surface area contributed by atoms with Gasteiger partial charge in [-0.1, -0.05) is 13.8 Å². The monoisotopic (exact) mass is 288 g/mol. The Morgan fingerprint density at radius 1 is 1.21 bits per heavy atom. The van der Waals surface area contributed by atoms with Crippen LogP contribution in [0.2, 0.25) is 0 Å². The topological polar surface area (TPSA) is 72.2 Å². The molecule has 1 heterocycles. The minimum Gasteiger partial charge on any atom is -0.271 e. The number of rotatable bonds is 4. The van der Waals surface area contributed by atoms with E-state index in [1.54, 1.807) is 0 Å². The summed E-state index contributed by atoms with van der Waals surface area (Å²) in [4.78, 5) is 0. The smallest absolute Gasteiger partial charge is 0.150 e. The molecule has 4 atom stereocenters. The average Bonchev–Trinajstić information content (AvgIpc) is 2.64. The number of hydrazine groups is 1. The molecule has 2 aliphatic rings. The molecule has 5 heteroatoms. The summed E-state index contributed by atoms with van der Waals surface area (Å²) in [5.41, 5.74) is 2.97. The molecule has 0 aromatic rings. The van der Waals surface area contributed by atoms with E-state index in [1.165, 1.54) is 19.3 Å². The second-order valence-corrected chi connectivity index (χ2v) is 9.18. The molecular formula is C14H28N2O2S. The Morgan fingerprint density at radius 2 is 1.84 bits per heavy atom. The van der Waals surface area contributed by atoms with Crippen LogP contribution in [-0.4, -0.2) is 26.0 Å². The molecule has 112 valence electrons. The summed E-state index contributed by atoms with van der Waals surface area (Å²) in [7, 11) is -2.77. The lowest BCUT2D eigenvalue weighted by molar-refractivity contribution is 0.163. The normalized spacial score (nSPS) is 40.2. The van der Waals surface area contributed by atoms with Crippen molar-refractivity contribution in [3.8, 4) is 0 Å². The van der Waals surface area contributed by atoms with Gasteiger partial charge in [0.1, 0.15) is 0 Å². The third kappa shape index (κ3) is 4.17. The highest BCUT2D eigenvalue weighted by atomic mass is 32.2. The maximum absolute atomic E-state index is 11.5. The van der Waals surface area contributed by atoms with Crippen LogP contribution in [-0.2, 0) is 9.84 Å². The summed E-state index contributed by atoms with van der Waals surface area (Å²) >= 11 is 0. The van der Waals surface area contributed by atoms with Crippen molar-refractivity contribution in [3.05, 3.63) is 0 Å². The first kappa shape index (κ1) is 15.3. The Bertz CT molecular complexity index is 386. The molecule has 4 unspecified atom stereocenters. The third-order valence-corrected chi connectivity index (χ3v) is 6.75. The van der Waals surface area contributed by atoms with E-state index in [0.717, 1.165) is 24.7 Å². The third-order valence-electron chi connectivity index (χ3n) is 4.91. The first-order valence-electron chi connectivity index (χ1n) is 7.56. The summed E-state index contributed by atoms with van der Waals surface area (Å²) < 4.78 is 23.1. The van der Waals surface area contributed by atoms with Crippen molar-refractivity contribution in [3.63, 3.8) is 0 Å². The van der Waals surface area contributed by atoms with Crippen LogP contribution >= 0.6 is 0 Å². The molecule has 19 heavy (non-hydrogen) atoms. The van der Waals surface area contributed by atoms with Gasteiger partial charge in [-0.2, -0.15) is 0 Å². The van der Waals surface area contributed by atoms with Gasteiger partial charge >= 0.3 is 0 Å². The highest BCUT2D eigenvalue weighted by Gasteiger charge is 2.34. The van der Waals surface area contributed by atoms with Gasteiger partial charge in [0, 0.05) is 6.04 Å². The summed E-state index contributed by atoms with van der Waals surface area (Å²) in [6.45, 7) is 4.63. The number of hydrogen-bond donors (Lipinski definition) is 2. The minimum atomic E-state index is -2.77. The number of nitrogens with one attached hydrogen (secondary N) is 1. The second kappa shape index (κ2) is 6.10. The van der Waals surface area contributed by atoms with E-state index in [2.05, 4.69) is 19.3 Å². The molecular weight excluding hydrogens is 260 g/mol. The standard InChI is InChI=1S/C14H28N2O2S/c1-10-5-11(2)7-13(6-10)14(16-15)8-12-3-4-19(17,18)9-12/h10-14,16H,3-9,15H2,1-2H3. The van der Waals surface area contributed by atoms with E-state index in [0.29, 0.717) is 23.3 Å². The quantitative estimate of drug-likeness (QED) is 0.610. The summed E-state index contributed by atoms with van der Waals surface area (Å²) in [5, 5.41) is 0. The molecule has 2 rings (SSSR count). The van der Waals surface area contributed by atoms with Gasteiger partial charge in [0.05, 0.1) is 11.5 Å². The van der Waals surface area contributed by atoms with Gasteiger partial charge in [-0.3, -0.25) is 11.3 Å². The SMILES string of the molecule is CC1CC(C)CC(C(CC2CCS(=O)(=O)C2)NN)C1. The Morgan fingerprint density at radius 3 is 2.32 bits per heavy atom. The fraction of sp³-hybridized carbons (Fsp3) is 1.00. The Balaban J connectivity index is 1.93. The molecule has 1 aliphatic carbocycles. The molecule has 0 aromatic heterocycles. The van der Waals surface area contributed by atoms with Gasteiger partial charge in [0.2, 0.25) is 0 Å². The van der Waals surface area contributed by atoms with E-state index < -0.39 is 9.84 Å². The molecule has 3 N–H and O–H groups in total. The highest BCUT2D eigenvalue weighted by Crippen LogP contribution is 2.37. The molecule has 1 saturated heterocycles. The molecule has 0 radical (unpaired) electrons. The first-order valence-corrected chi connectivity index (χ1v) is 9.38. The van der Waals surface area contributed by atoms with Gasteiger partial charge in [-0.05, 0) is 55.8 Å². The summed E-state index contributed by atoms with van der Waals surface area (Å²) in [6, 6.07) is 0.281. The molecule has 0 bridgehead atoms. The molecule has 2 fully saturated rings. The molecule has 0 spiro atoms. The lowest BCUT2D eigenvalue weighted by Crippen LogP contribution is -2.44. The van der Waals surface area contributed by atoms with E-state index in [9.17, 15) is 8.42 Å². The Hall–Kier alpha value is -0.130. The van der Waals surface area contributed by atoms with Crippen LogP contribution in [0.1, 0.15) is 46.0 Å². The molecule has 4 nitrogen and oxygen atoms in total. The van der Waals surface area contributed by atoms with Crippen molar-refractivity contribution in [2.75, 3.05) is 11.5 Å². The largest absolute Gasteiger partial charge is 0.271 e. The van der Waals surface area contributed by atoms with Crippen molar-refractivity contribution >= 4 is 9.84 Å². The van der Waals surface area contributed by atoms with E-state index in [-0.39, 0.29) is 6.04 Å². The number of hydrogen-bond acceptors (Lipinski definition) is 4. The molecule has 0 aromatic carbocycles. The van der Waals surface area contributed by atoms with Crippen LogP contribution in [0.15, 0.2) is 0 Å². The van der Waals surface area contributed by atoms with Crippen LogP contribution in [0, 0.1) is 23.7 Å². The van der Waals surface area contributed by atoms with Crippen molar-refractivity contribution in [1.82, 2.24) is 5.43 Å². The van der Waals surface area contributed by atoms with Crippen LogP contribution in [0.4, 0.5) is 0 Å². The van der Waals surface area contributed by atoms with Crippen molar-refractivity contribution in [1.29, 1.82) is 0 Å². The van der Waals surface area contributed by atoms with Gasteiger partial charge in [0.15, 0.2) is 9.84 Å². The average molecular weight is 288 g/mol.